The van der Waals surface area contributed by atoms with Gasteiger partial charge in [-0.3, -0.25) is 9.59 Å². The van der Waals surface area contributed by atoms with Crippen LogP contribution in [0.2, 0.25) is 5.02 Å². The molecule has 3 aromatic rings. The summed E-state index contributed by atoms with van der Waals surface area (Å²) in [6, 6.07) is 13.9. The van der Waals surface area contributed by atoms with Crippen molar-refractivity contribution >= 4 is 40.9 Å². The number of carbonyl (C=O) groups excluding carboxylic acids is 2. The molecule has 1 heterocycles. The SMILES string of the molecule is Cc1ccc(C(=O)NC(C)c2nnc(SCC(=O)Nc3ccc(Cl)cc3)n2C)cc1. The second-order valence-corrected chi connectivity index (χ2v) is 8.18. The predicted molar refractivity (Wildman–Crippen MR) is 119 cm³/mol. The van der Waals surface area contributed by atoms with Gasteiger partial charge in [-0.15, -0.1) is 10.2 Å². The molecule has 0 aliphatic rings. The van der Waals surface area contributed by atoms with Crippen LogP contribution in [0.3, 0.4) is 0 Å². The van der Waals surface area contributed by atoms with Crippen molar-refractivity contribution in [3.63, 3.8) is 0 Å². The lowest BCUT2D eigenvalue weighted by Gasteiger charge is -2.13. The molecule has 0 radical (unpaired) electrons. The highest BCUT2D eigenvalue weighted by Crippen LogP contribution is 2.20. The van der Waals surface area contributed by atoms with E-state index in [9.17, 15) is 9.59 Å². The van der Waals surface area contributed by atoms with Crippen molar-refractivity contribution in [2.45, 2.75) is 25.0 Å². The zero-order chi connectivity index (χ0) is 21.7. The molecule has 1 aromatic heterocycles. The molecule has 1 atom stereocenters. The van der Waals surface area contributed by atoms with Crippen LogP contribution < -0.4 is 10.6 Å². The van der Waals surface area contributed by atoms with Crippen LogP contribution in [0.5, 0.6) is 0 Å². The van der Waals surface area contributed by atoms with E-state index in [1.807, 2.05) is 33.0 Å². The van der Waals surface area contributed by atoms with E-state index in [1.165, 1.54) is 11.8 Å². The summed E-state index contributed by atoms with van der Waals surface area (Å²) in [5.74, 6) is 0.448. The number of anilines is 1. The molecule has 30 heavy (non-hydrogen) atoms. The fraction of sp³-hybridized carbons (Fsp3) is 0.238. The number of benzene rings is 2. The van der Waals surface area contributed by atoms with Crippen LogP contribution in [-0.4, -0.2) is 32.3 Å². The van der Waals surface area contributed by atoms with E-state index in [4.69, 9.17) is 11.6 Å². The highest BCUT2D eigenvalue weighted by molar-refractivity contribution is 7.99. The Hall–Kier alpha value is -2.84. The van der Waals surface area contributed by atoms with Crippen LogP contribution in [0.15, 0.2) is 53.7 Å². The summed E-state index contributed by atoms with van der Waals surface area (Å²) < 4.78 is 1.78. The van der Waals surface area contributed by atoms with Gasteiger partial charge in [0.25, 0.3) is 5.91 Å². The topological polar surface area (TPSA) is 88.9 Å². The molecular weight excluding hydrogens is 422 g/mol. The zero-order valence-corrected chi connectivity index (χ0v) is 18.4. The lowest BCUT2D eigenvalue weighted by molar-refractivity contribution is -0.113. The number of aryl methyl sites for hydroxylation is 1. The normalized spacial score (nSPS) is 11.7. The van der Waals surface area contributed by atoms with E-state index in [1.54, 1.807) is 41.0 Å². The number of hydrogen-bond acceptors (Lipinski definition) is 5. The lowest BCUT2D eigenvalue weighted by Crippen LogP contribution is -2.28. The van der Waals surface area contributed by atoms with Crippen molar-refractivity contribution in [2.24, 2.45) is 7.05 Å². The maximum atomic E-state index is 12.4. The summed E-state index contributed by atoms with van der Waals surface area (Å²) in [6.07, 6.45) is 0. The molecule has 156 valence electrons. The summed E-state index contributed by atoms with van der Waals surface area (Å²) in [5.41, 5.74) is 2.36. The van der Waals surface area contributed by atoms with Gasteiger partial charge in [-0.2, -0.15) is 0 Å². The molecule has 0 saturated carbocycles. The average Bonchev–Trinajstić information content (AvgIpc) is 3.09. The van der Waals surface area contributed by atoms with Crippen molar-refractivity contribution in [2.75, 3.05) is 11.1 Å². The number of nitrogens with one attached hydrogen (secondary N) is 2. The lowest BCUT2D eigenvalue weighted by atomic mass is 10.1. The number of hydrogen-bond donors (Lipinski definition) is 2. The van der Waals surface area contributed by atoms with E-state index >= 15 is 0 Å². The van der Waals surface area contributed by atoms with E-state index in [-0.39, 0.29) is 23.6 Å². The molecule has 3 rings (SSSR count). The third-order valence-electron chi connectivity index (χ3n) is 4.38. The van der Waals surface area contributed by atoms with Gasteiger partial charge in [0.15, 0.2) is 11.0 Å². The van der Waals surface area contributed by atoms with Gasteiger partial charge in [0.1, 0.15) is 0 Å². The number of amides is 2. The summed E-state index contributed by atoms with van der Waals surface area (Å²) in [6.45, 7) is 3.82. The van der Waals surface area contributed by atoms with Crippen LogP contribution in [0, 0.1) is 6.92 Å². The number of thioether (sulfide) groups is 1. The van der Waals surface area contributed by atoms with Crippen LogP contribution in [0.4, 0.5) is 5.69 Å². The number of nitrogens with zero attached hydrogens (tertiary/aromatic N) is 3. The summed E-state index contributed by atoms with van der Waals surface area (Å²) in [7, 11) is 1.81. The van der Waals surface area contributed by atoms with Crippen molar-refractivity contribution in [3.05, 3.63) is 70.5 Å². The Morgan fingerprint density at radius 2 is 1.77 bits per heavy atom. The second-order valence-electron chi connectivity index (χ2n) is 6.80. The number of carbonyl (C=O) groups is 2. The predicted octanol–water partition coefficient (Wildman–Crippen LogP) is 4.00. The average molecular weight is 444 g/mol. The minimum absolute atomic E-state index is 0.160. The zero-order valence-electron chi connectivity index (χ0n) is 16.8. The van der Waals surface area contributed by atoms with Gasteiger partial charge in [0, 0.05) is 23.3 Å². The van der Waals surface area contributed by atoms with Gasteiger partial charge in [-0.05, 0) is 50.2 Å². The van der Waals surface area contributed by atoms with Crippen LogP contribution >= 0.6 is 23.4 Å². The molecule has 2 aromatic carbocycles. The van der Waals surface area contributed by atoms with Crippen LogP contribution in [-0.2, 0) is 11.8 Å². The number of aromatic nitrogens is 3. The first kappa shape index (κ1) is 21.9. The Kier molecular flexibility index (Phi) is 7.12. The van der Waals surface area contributed by atoms with Crippen LogP contribution in [0.1, 0.15) is 34.7 Å². The summed E-state index contributed by atoms with van der Waals surface area (Å²) in [5, 5.41) is 15.3. The van der Waals surface area contributed by atoms with Crippen molar-refractivity contribution < 1.29 is 9.59 Å². The van der Waals surface area contributed by atoms with Gasteiger partial charge in [0.2, 0.25) is 5.91 Å². The van der Waals surface area contributed by atoms with Gasteiger partial charge in [-0.1, -0.05) is 41.1 Å². The highest BCUT2D eigenvalue weighted by atomic mass is 35.5. The quantitative estimate of drug-likeness (QED) is 0.539. The first-order valence-electron chi connectivity index (χ1n) is 9.28. The fourth-order valence-corrected chi connectivity index (χ4v) is 3.58. The van der Waals surface area contributed by atoms with Gasteiger partial charge in [-0.25, -0.2) is 0 Å². The molecule has 0 aliphatic heterocycles. The van der Waals surface area contributed by atoms with Crippen molar-refractivity contribution in [3.8, 4) is 0 Å². The Morgan fingerprint density at radius 3 is 2.43 bits per heavy atom. The highest BCUT2D eigenvalue weighted by Gasteiger charge is 2.19. The monoisotopic (exact) mass is 443 g/mol. The molecule has 9 heteroatoms. The number of halogens is 1. The maximum Gasteiger partial charge on any atom is 0.251 e. The first-order chi connectivity index (χ1) is 14.3. The Labute approximate surface area is 184 Å². The minimum atomic E-state index is -0.339. The summed E-state index contributed by atoms with van der Waals surface area (Å²) in [4.78, 5) is 24.6. The molecule has 0 fully saturated rings. The molecule has 2 amide bonds. The van der Waals surface area contributed by atoms with E-state index in [0.717, 1.165) is 5.56 Å². The molecule has 2 N–H and O–H groups in total. The Balaban J connectivity index is 1.56. The fourth-order valence-electron chi connectivity index (χ4n) is 2.74. The summed E-state index contributed by atoms with van der Waals surface area (Å²) >= 11 is 7.12. The van der Waals surface area contributed by atoms with Gasteiger partial charge < -0.3 is 15.2 Å². The first-order valence-corrected chi connectivity index (χ1v) is 10.6. The van der Waals surface area contributed by atoms with Crippen molar-refractivity contribution in [1.82, 2.24) is 20.1 Å². The van der Waals surface area contributed by atoms with E-state index < -0.39 is 0 Å². The second kappa shape index (κ2) is 9.77. The molecule has 7 nitrogen and oxygen atoms in total. The molecule has 0 bridgehead atoms. The van der Waals surface area contributed by atoms with Crippen molar-refractivity contribution in [1.29, 1.82) is 0 Å². The molecule has 0 aliphatic carbocycles. The maximum absolute atomic E-state index is 12.4. The molecule has 0 saturated heterocycles. The third kappa shape index (κ3) is 5.61. The number of rotatable bonds is 7. The van der Waals surface area contributed by atoms with Gasteiger partial charge >= 0.3 is 0 Å². The van der Waals surface area contributed by atoms with Gasteiger partial charge in [0.05, 0.1) is 11.8 Å². The van der Waals surface area contributed by atoms with Crippen LogP contribution in [0.25, 0.3) is 0 Å². The third-order valence-corrected chi connectivity index (χ3v) is 5.65. The minimum Gasteiger partial charge on any atom is -0.342 e. The Morgan fingerprint density at radius 1 is 1.10 bits per heavy atom. The largest absolute Gasteiger partial charge is 0.342 e. The van der Waals surface area contributed by atoms with E-state index in [0.29, 0.717) is 27.3 Å². The Bertz CT molecular complexity index is 1030. The van der Waals surface area contributed by atoms with E-state index in [2.05, 4.69) is 20.8 Å². The smallest absolute Gasteiger partial charge is 0.251 e. The molecule has 1 unspecified atom stereocenters. The standard InChI is InChI=1S/C21H22ClN5O2S/c1-13-4-6-15(7-5-13)20(29)23-14(2)19-25-26-21(27(19)3)30-12-18(28)24-17-10-8-16(22)9-11-17/h4-11,14H,12H2,1-3H3,(H,23,29)(H,24,28). The molecular formula is C21H22ClN5O2S. The molecule has 0 spiro atoms.